The van der Waals surface area contributed by atoms with Crippen molar-refractivity contribution in [3.05, 3.63) is 53.5 Å². The van der Waals surface area contributed by atoms with Gasteiger partial charge in [-0.15, -0.1) is 0 Å². The number of hydrogen-bond donors (Lipinski definition) is 2. The second kappa shape index (κ2) is 7.21. The first kappa shape index (κ1) is 18.6. The lowest BCUT2D eigenvalue weighted by Gasteiger charge is -2.09. The van der Waals surface area contributed by atoms with Crippen molar-refractivity contribution in [1.29, 1.82) is 5.26 Å². The molecule has 0 unspecified atom stereocenters. The minimum Gasteiger partial charge on any atom is -0.350 e. The molecule has 0 bridgehead atoms. The van der Waals surface area contributed by atoms with Crippen LogP contribution in [0.3, 0.4) is 0 Å². The number of anilines is 2. The van der Waals surface area contributed by atoms with E-state index in [2.05, 4.69) is 26.3 Å². The van der Waals surface area contributed by atoms with Gasteiger partial charge in [-0.25, -0.2) is 18.4 Å². The third kappa shape index (κ3) is 3.68. The quantitative estimate of drug-likeness (QED) is 0.700. The van der Waals surface area contributed by atoms with E-state index in [-0.39, 0.29) is 10.6 Å². The normalized spacial score (nSPS) is 11.2. The number of H-pyrrole nitrogens is 1. The van der Waals surface area contributed by atoms with Gasteiger partial charge >= 0.3 is 0 Å². The van der Waals surface area contributed by atoms with Gasteiger partial charge in [0.1, 0.15) is 11.8 Å². The van der Waals surface area contributed by atoms with E-state index >= 15 is 0 Å². The summed E-state index contributed by atoms with van der Waals surface area (Å²) in [5.74, 6) is 0.382. The number of aromatic amines is 1. The Kier molecular flexibility index (Phi) is 4.97. The molecule has 138 valence electrons. The summed E-state index contributed by atoms with van der Waals surface area (Å²) in [6.45, 7) is 5.36. The lowest BCUT2D eigenvalue weighted by atomic mass is 10.1. The number of hydrogen-bond acceptors (Lipinski definition) is 6. The highest BCUT2D eigenvalue weighted by Crippen LogP contribution is 2.28. The van der Waals surface area contributed by atoms with Crippen molar-refractivity contribution < 1.29 is 8.42 Å². The molecule has 3 rings (SSSR count). The molecule has 3 aromatic rings. The van der Waals surface area contributed by atoms with E-state index in [1.165, 1.54) is 0 Å². The maximum Gasteiger partial charge on any atom is 0.227 e. The van der Waals surface area contributed by atoms with E-state index in [0.29, 0.717) is 23.0 Å². The van der Waals surface area contributed by atoms with Crippen molar-refractivity contribution >= 4 is 21.5 Å². The molecule has 0 fully saturated rings. The van der Waals surface area contributed by atoms with Gasteiger partial charge in [-0.1, -0.05) is 13.0 Å². The summed E-state index contributed by atoms with van der Waals surface area (Å²) in [6, 6.07) is 10.5. The van der Waals surface area contributed by atoms with Crippen molar-refractivity contribution in [3.8, 4) is 17.3 Å². The molecule has 0 amide bonds. The largest absolute Gasteiger partial charge is 0.350 e. The molecule has 0 spiro atoms. The van der Waals surface area contributed by atoms with Crippen LogP contribution in [-0.4, -0.2) is 29.1 Å². The van der Waals surface area contributed by atoms with Gasteiger partial charge < -0.3 is 10.3 Å². The van der Waals surface area contributed by atoms with Crippen LogP contribution in [0.5, 0.6) is 0 Å². The summed E-state index contributed by atoms with van der Waals surface area (Å²) in [5, 5.41) is 12.2. The van der Waals surface area contributed by atoms with Crippen LogP contribution in [-0.2, 0) is 9.84 Å². The summed E-state index contributed by atoms with van der Waals surface area (Å²) in [5.41, 5.74) is 4.31. The van der Waals surface area contributed by atoms with Crippen LogP contribution in [0.2, 0.25) is 0 Å². The molecule has 1 aromatic carbocycles. The molecule has 27 heavy (non-hydrogen) atoms. The maximum atomic E-state index is 12.1. The predicted molar refractivity (Wildman–Crippen MR) is 103 cm³/mol. The van der Waals surface area contributed by atoms with Crippen LogP contribution in [0.1, 0.15) is 23.9 Å². The summed E-state index contributed by atoms with van der Waals surface area (Å²) in [6.07, 6.45) is 1.62. The molecule has 0 aliphatic carbocycles. The molecule has 0 aliphatic rings. The van der Waals surface area contributed by atoms with Crippen LogP contribution in [0.4, 0.5) is 11.6 Å². The Bertz CT molecular complexity index is 1140. The lowest BCUT2D eigenvalue weighted by Crippen LogP contribution is -2.04. The van der Waals surface area contributed by atoms with Crippen molar-refractivity contribution in [1.82, 2.24) is 15.0 Å². The number of nitrogens with one attached hydrogen (secondary N) is 2. The molecule has 2 heterocycles. The van der Waals surface area contributed by atoms with Crippen molar-refractivity contribution in [3.63, 3.8) is 0 Å². The number of aryl methyl sites for hydroxylation is 1. The molecule has 8 heteroatoms. The number of aromatic nitrogens is 3. The first-order valence-electron chi connectivity index (χ1n) is 8.38. The molecule has 0 saturated carbocycles. The van der Waals surface area contributed by atoms with E-state index in [9.17, 15) is 13.7 Å². The second-order valence-corrected chi connectivity index (χ2v) is 8.34. The summed E-state index contributed by atoms with van der Waals surface area (Å²) in [7, 11) is -3.29. The fraction of sp³-hybridized carbons (Fsp3) is 0.211. The van der Waals surface area contributed by atoms with Crippen molar-refractivity contribution in [2.75, 3.05) is 11.1 Å². The molecule has 0 aliphatic heterocycles. The Morgan fingerprint density at radius 3 is 2.70 bits per heavy atom. The number of benzene rings is 1. The predicted octanol–water partition coefficient (Wildman–Crippen LogP) is 3.50. The average Bonchev–Trinajstić information content (AvgIpc) is 2.95. The summed E-state index contributed by atoms with van der Waals surface area (Å²) < 4.78 is 24.1. The van der Waals surface area contributed by atoms with Crippen LogP contribution < -0.4 is 5.32 Å². The zero-order chi connectivity index (χ0) is 19.6. The van der Waals surface area contributed by atoms with E-state index in [4.69, 9.17) is 0 Å². The first-order valence-corrected chi connectivity index (χ1v) is 10.0. The Morgan fingerprint density at radius 2 is 2.04 bits per heavy atom. The summed E-state index contributed by atoms with van der Waals surface area (Å²) in [4.78, 5) is 12.0. The smallest absolute Gasteiger partial charge is 0.227 e. The van der Waals surface area contributed by atoms with Gasteiger partial charge in [0.25, 0.3) is 0 Å². The summed E-state index contributed by atoms with van der Waals surface area (Å²) >= 11 is 0. The van der Waals surface area contributed by atoms with E-state index in [1.807, 2.05) is 13.8 Å². The maximum absolute atomic E-state index is 12.1. The van der Waals surface area contributed by atoms with Gasteiger partial charge in [0.05, 0.1) is 16.3 Å². The molecule has 0 atom stereocenters. The highest BCUT2D eigenvalue weighted by molar-refractivity contribution is 7.91. The van der Waals surface area contributed by atoms with Crippen LogP contribution >= 0.6 is 0 Å². The van der Waals surface area contributed by atoms with E-state index in [0.717, 1.165) is 16.8 Å². The minimum atomic E-state index is -3.29. The average molecular weight is 381 g/mol. The number of sulfone groups is 1. The van der Waals surface area contributed by atoms with Crippen LogP contribution in [0.25, 0.3) is 11.3 Å². The van der Waals surface area contributed by atoms with Gasteiger partial charge in [0.2, 0.25) is 5.95 Å². The Labute approximate surface area is 158 Å². The highest BCUT2D eigenvalue weighted by atomic mass is 32.2. The fourth-order valence-corrected chi connectivity index (χ4v) is 3.79. The molecular weight excluding hydrogens is 362 g/mol. The van der Waals surface area contributed by atoms with Gasteiger partial charge in [0.15, 0.2) is 9.84 Å². The van der Waals surface area contributed by atoms with Crippen LogP contribution in [0, 0.1) is 25.2 Å². The Morgan fingerprint density at radius 1 is 1.26 bits per heavy atom. The van der Waals surface area contributed by atoms with Gasteiger partial charge in [-0.3, -0.25) is 0 Å². The van der Waals surface area contributed by atoms with E-state index < -0.39 is 9.84 Å². The molecule has 0 radical (unpaired) electrons. The SMILES string of the molecule is CCS(=O)(=O)c1cccc(Nc2nccc(-c3c(C)[nH]c(C#N)c3C)n2)c1. The zero-order valence-corrected chi connectivity index (χ0v) is 16.1. The second-order valence-electron chi connectivity index (χ2n) is 6.06. The molecule has 0 saturated heterocycles. The Hall–Kier alpha value is -3.18. The highest BCUT2D eigenvalue weighted by Gasteiger charge is 2.15. The lowest BCUT2D eigenvalue weighted by molar-refractivity contribution is 0.597. The number of nitriles is 1. The fourth-order valence-electron chi connectivity index (χ4n) is 2.87. The third-order valence-electron chi connectivity index (χ3n) is 4.29. The molecular formula is C19H19N5O2S. The first-order chi connectivity index (χ1) is 12.9. The van der Waals surface area contributed by atoms with Crippen molar-refractivity contribution in [2.45, 2.75) is 25.7 Å². The third-order valence-corrected chi connectivity index (χ3v) is 6.02. The molecule has 2 N–H and O–H groups in total. The zero-order valence-electron chi connectivity index (χ0n) is 15.2. The molecule has 7 nitrogen and oxygen atoms in total. The number of rotatable bonds is 5. The topological polar surface area (TPSA) is 112 Å². The Balaban J connectivity index is 1.96. The van der Waals surface area contributed by atoms with Crippen LogP contribution in [0.15, 0.2) is 41.4 Å². The van der Waals surface area contributed by atoms with Crippen molar-refractivity contribution in [2.24, 2.45) is 0 Å². The molecule has 2 aromatic heterocycles. The van der Waals surface area contributed by atoms with E-state index in [1.54, 1.807) is 43.5 Å². The van der Waals surface area contributed by atoms with Gasteiger partial charge in [-0.05, 0) is 43.7 Å². The standard InChI is InChI=1S/C19H19N5O2S/c1-4-27(25,26)15-7-5-6-14(10-15)23-19-21-9-8-16(24-19)18-12(2)17(11-20)22-13(18)3/h5-10,22H,4H2,1-3H3,(H,21,23,24). The minimum absolute atomic E-state index is 0.0374. The number of nitrogens with zero attached hydrogens (tertiary/aromatic N) is 3. The van der Waals surface area contributed by atoms with Gasteiger partial charge in [0, 0.05) is 23.1 Å². The monoisotopic (exact) mass is 381 g/mol. The van der Waals surface area contributed by atoms with Gasteiger partial charge in [-0.2, -0.15) is 5.26 Å².